The number of hydrogen-bond acceptors (Lipinski definition) is 3. The first-order chi connectivity index (χ1) is 7.88. The van der Waals surface area contributed by atoms with Crippen molar-refractivity contribution in [2.75, 3.05) is 6.61 Å². The van der Waals surface area contributed by atoms with Crippen molar-refractivity contribution in [2.24, 2.45) is 5.92 Å². The van der Waals surface area contributed by atoms with Gasteiger partial charge in [0.2, 0.25) is 0 Å². The van der Waals surface area contributed by atoms with Crippen molar-refractivity contribution in [3.8, 4) is 0 Å². The first kappa shape index (κ1) is 11.3. The van der Waals surface area contributed by atoms with Crippen molar-refractivity contribution in [1.82, 2.24) is 4.98 Å². The molecule has 1 atom stereocenters. The van der Waals surface area contributed by atoms with E-state index in [1.807, 2.05) is 29.1 Å². The third kappa shape index (κ3) is 3.15. The monoisotopic (exact) mass is 233 g/mol. The van der Waals surface area contributed by atoms with Crippen molar-refractivity contribution in [2.45, 2.75) is 12.8 Å². The third-order valence-electron chi connectivity index (χ3n) is 2.61. The molecule has 1 heterocycles. The molecule has 0 radical (unpaired) electrons. The molecule has 0 aliphatic rings. The molecule has 1 N–H and O–H groups in total. The minimum Gasteiger partial charge on any atom is -0.396 e. The van der Waals surface area contributed by atoms with Crippen LogP contribution < -0.4 is 0 Å². The molecule has 3 heteroatoms. The quantitative estimate of drug-likeness (QED) is 0.861. The van der Waals surface area contributed by atoms with Crippen molar-refractivity contribution in [3.63, 3.8) is 0 Å². The molecular weight excluding hydrogens is 218 g/mol. The zero-order chi connectivity index (χ0) is 11.2. The third-order valence-corrected chi connectivity index (χ3v) is 3.24. The summed E-state index contributed by atoms with van der Waals surface area (Å²) in [6, 6.07) is 10.3. The molecule has 1 aromatic carbocycles. The second-order valence-corrected chi connectivity index (χ2v) is 4.64. The van der Waals surface area contributed by atoms with Crippen LogP contribution in [-0.4, -0.2) is 16.7 Å². The summed E-state index contributed by atoms with van der Waals surface area (Å²) in [4.78, 5) is 4.25. The van der Waals surface area contributed by atoms with E-state index in [9.17, 15) is 5.11 Å². The summed E-state index contributed by atoms with van der Waals surface area (Å²) in [6.07, 6.45) is 1.77. The maximum atomic E-state index is 9.36. The average molecular weight is 233 g/mol. The zero-order valence-electron chi connectivity index (χ0n) is 9.04. The second-order valence-electron chi connectivity index (χ2n) is 3.92. The molecule has 2 aromatic rings. The van der Waals surface area contributed by atoms with Crippen LogP contribution >= 0.6 is 11.3 Å². The van der Waals surface area contributed by atoms with Crippen molar-refractivity contribution in [3.05, 3.63) is 52.5 Å². The van der Waals surface area contributed by atoms with Crippen LogP contribution in [0, 0.1) is 5.92 Å². The number of hydrogen-bond donors (Lipinski definition) is 1. The molecule has 0 saturated heterocycles. The van der Waals surface area contributed by atoms with Crippen LogP contribution in [0.4, 0.5) is 0 Å². The number of nitrogens with zero attached hydrogens (tertiary/aromatic N) is 1. The van der Waals surface area contributed by atoms with Gasteiger partial charge < -0.3 is 5.11 Å². The zero-order valence-corrected chi connectivity index (χ0v) is 9.86. The van der Waals surface area contributed by atoms with Crippen molar-refractivity contribution in [1.29, 1.82) is 0 Å². The molecule has 2 rings (SSSR count). The summed E-state index contributed by atoms with van der Waals surface area (Å²) in [6.45, 7) is 0.215. The fourth-order valence-electron chi connectivity index (χ4n) is 1.78. The largest absolute Gasteiger partial charge is 0.396 e. The summed E-state index contributed by atoms with van der Waals surface area (Å²) < 4.78 is 0. The number of aromatic nitrogens is 1. The van der Waals surface area contributed by atoms with Gasteiger partial charge in [0.05, 0.1) is 11.2 Å². The molecule has 0 fully saturated rings. The molecule has 0 bridgehead atoms. The van der Waals surface area contributed by atoms with Crippen LogP contribution in [0.15, 0.2) is 41.2 Å². The van der Waals surface area contributed by atoms with Gasteiger partial charge in [-0.05, 0) is 24.3 Å². The minimum atomic E-state index is 0.215. The summed E-state index contributed by atoms with van der Waals surface area (Å²) in [7, 11) is 0. The fraction of sp³-hybridized carbons (Fsp3) is 0.308. The van der Waals surface area contributed by atoms with Crippen LogP contribution in [0.5, 0.6) is 0 Å². The normalized spacial score (nSPS) is 12.6. The van der Waals surface area contributed by atoms with E-state index in [-0.39, 0.29) is 12.5 Å². The van der Waals surface area contributed by atoms with E-state index in [4.69, 9.17) is 0 Å². The molecule has 0 amide bonds. The maximum Gasteiger partial charge on any atom is 0.0794 e. The van der Waals surface area contributed by atoms with Gasteiger partial charge in [-0.3, -0.25) is 0 Å². The lowest BCUT2D eigenvalue weighted by Gasteiger charge is -2.12. The fourth-order valence-corrected chi connectivity index (χ4v) is 2.35. The van der Waals surface area contributed by atoms with E-state index in [0.717, 1.165) is 18.5 Å². The Balaban J connectivity index is 1.96. The van der Waals surface area contributed by atoms with Crippen LogP contribution in [-0.2, 0) is 12.8 Å². The SMILES string of the molecule is OCC(Cc1ccccc1)Cc1cscn1. The molecule has 0 spiro atoms. The summed E-state index contributed by atoms with van der Waals surface area (Å²) in [5, 5.41) is 11.4. The Hall–Kier alpha value is -1.19. The molecule has 0 aliphatic carbocycles. The highest BCUT2D eigenvalue weighted by Crippen LogP contribution is 2.14. The molecule has 16 heavy (non-hydrogen) atoms. The lowest BCUT2D eigenvalue weighted by molar-refractivity contribution is 0.224. The van der Waals surface area contributed by atoms with E-state index in [0.29, 0.717) is 0 Å². The lowest BCUT2D eigenvalue weighted by atomic mass is 9.96. The Morgan fingerprint density at radius 2 is 2.00 bits per heavy atom. The van der Waals surface area contributed by atoms with Gasteiger partial charge in [0, 0.05) is 12.0 Å². The Kier molecular flexibility index (Phi) is 4.08. The van der Waals surface area contributed by atoms with E-state index < -0.39 is 0 Å². The predicted octanol–water partition coefficient (Wildman–Crippen LogP) is 2.54. The standard InChI is InChI=1S/C13H15NOS/c15-8-12(7-13-9-16-10-14-13)6-11-4-2-1-3-5-11/h1-5,9-10,12,15H,6-8H2. The Morgan fingerprint density at radius 3 is 2.62 bits per heavy atom. The number of thiazole rings is 1. The molecule has 0 saturated carbocycles. The second kappa shape index (κ2) is 5.77. The first-order valence-electron chi connectivity index (χ1n) is 5.40. The highest BCUT2D eigenvalue weighted by molar-refractivity contribution is 7.07. The molecular formula is C13H15NOS. The van der Waals surface area contributed by atoms with Crippen molar-refractivity contribution >= 4 is 11.3 Å². The molecule has 0 aliphatic heterocycles. The number of benzene rings is 1. The van der Waals surface area contributed by atoms with Gasteiger partial charge in [-0.25, -0.2) is 4.98 Å². The summed E-state index contributed by atoms with van der Waals surface area (Å²) in [5.74, 6) is 0.268. The van der Waals surface area contributed by atoms with Crippen molar-refractivity contribution < 1.29 is 5.11 Å². The minimum absolute atomic E-state index is 0.215. The van der Waals surface area contributed by atoms with Gasteiger partial charge in [0.1, 0.15) is 0 Å². The highest BCUT2D eigenvalue weighted by Gasteiger charge is 2.10. The lowest BCUT2D eigenvalue weighted by Crippen LogP contribution is -2.13. The van der Waals surface area contributed by atoms with Crippen LogP contribution in [0.2, 0.25) is 0 Å². The van der Waals surface area contributed by atoms with Crippen LogP contribution in [0.25, 0.3) is 0 Å². The van der Waals surface area contributed by atoms with Gasteiger partial charge in [0.25, 0.3) is 0 Å². The van der Waals surface area contributed by atoms with Gasteiger partial charge in [-0.2, -0.15) is 0 Å². The molecule has 2 nitrogen and oxygen atoms in total. The molecule has 1 unspecified atom stereocenters. The van der Waals surface area contributed by atoms with E-state index in [1.54, 1.807) is 11.3 Å². The summed E-state index contributed by atoms with van der Waals surface area (Å²) in [5.41, 5.74) is 4.20. The van der Waals surface area contributed by atoms with Gasteiger partial charge in [-0.15, -0.1) is 11.3 Å². The molecule has 84 valence electrons. The van der Waals surface area contributed by atoms with E-state index >= 15 is 0 Å². The molecule has 1 aromatic heterocycles. The Bertz CT molecular complexity index is 399. The van der Waals surface area contributed by atoms with Crippen LogP contribution in [0.3, 0.4) is 0 Å². The predicted molar refractivity (Wildman–Crippen MR) is 66.5 cm³/mol. The smallest absolute Gasteiger partial charge is 0.0794 e. The summed E-state index contributed by atoms with van der Waals surface area (Å²) >= 11 is 1.61. The van der Waals surface area contributed by atoms with Crippen LogP contribution in [0.1, 0.15) is 11.3 Å². The Morgan fingerprint density at radius 1 is 1.19 bits per heavy atom. The van der Waals surface area contributed by atoms with E-state index in [2.05, 4.69) is 17.1 Å². The van der Waals surface area contributed by atoms with Gasteiger partial charge in [-0.1, -0.05) is 30.3 Å². The highest BCUT2D eigenvalue weighted by atomic mass is 32.1. The Labute approximate surface area is 99.6 Å². The van der Waals surface area contributed by atoms with Gasteiger partial charge >= 0.3 is 0 Å². The number of aliphatic hydroxyl groups excluding tert-OH is 1. The average Bonchev–Trinajstić information content (AvgIpc) is 2.82. The topological polar surface area (TPSA) is 33.1 Å². The number of rotatable bonds is 5. The first-order valence-corrected chi connectivity index (χ1v) is 6.34. The maximum absolute atomic E-state index is 9.36. The van der Waals surface area contributed by atoms with E-state index in [1.165, 1.54) is 5.56 Å². The number of aliphatic hydroxyl groups is 1. The van der Waals surface area contributed by atoms with Gasteiger partial charge in [0.15, 0.2) is 0 Å².